The van der Waals surface area contributed by atoms with Crippen molar-refractivity contribution in [2.24, 2.45) is 0 Å². The van der Waals surface area contributed by atoms with Gasteiger partial charge in [0.15, 0.2) is 18.1 Å². The Kier molecular flexibility index (Phi) is 6.59. The van der Waals surface area contributed by atoms with E-state index < -0.39 is 5.91 Å². The molecule has 3 aromatic rings. The summed E-state index contributed by atoms with van der Waals surface area (Å²) < 4.78 is 16.5. The molecule has 0 aliphatic heterocycles. The van der Waals surface area contributed by atoms with E-state index in [1.54, 1.807) is 43.6 Å². The minimum Gasteiger partial charge on any atom is -0.490 e. The number of pyridine rings is 1. The Hall–Kier alpha value is -3.65. The first kappa shape index (κ1) is 20.1. The molecular weight excluding hydrogens is 444 g/mol. The van der Waals surface area contributed by atoms with Gasteiger partial charge in [-0.15, -0.1) is 0 Å². The highest BCUT2D eigenvalue weighted by Gasteiger charge is 2.15. The predicted octanol–water partition coefficient (Wildman–Crippen LogP) is 2.69. The molecule has 0 atom stereocenters. The third-order valence-electron chi connectivity index (χ3n) is 3.46. The van der Waals surface area contributed by atoms with Gasteiger partial charge in [0, 0.05) is 24.0 Å². The zero-order valence-corrected chi connectivity index (χ0v) is 16.8. The molecule has 0 saturated heterocycles. The summed E-state index contributed by atoms with van der Waals surface area (Å²) in [5.41, 5.74) is 6.04. The molecule has 2 heterocycles. The highest BCUT2D eigenvalue weighted by atomic mass is 79.9. The molecule has 1 amide bonds. The van der Waals surface area contributed by atoms with Crippen LogP contribution < -0.4 is 20.3 Å². The monoisotopic (exact) mass is 458 g/mol. The molecule has 1 aromatic carbocycles. The minimum absolute atomic E-state index is 0.0136. The van der Waals surface area contributed by atoms with E-state index in [-0.39, 0.29) is 12.6 Å². The van der Waals surface area contributed by atoms with Crippen molar-refractivity contribution in [3.8, 4) is 29.0 Å². The van der Waals surface area contributed by atoms with Gasteiger partial charge in [0.25, 0.3) is 5.91 Å². The number of hydrazine groups is 1. The topological polar surface area (TPSA) is 135 Å². The number of nitrogens with one attached hydrogen (secondary N) is 2. The Balaban J connectivity index is 1.57. The molecular formula is C18H15BrN6O4. The SMILES string of the molecule is CCOc1cc(C#N)cc(Br)c1OCC(=O)NNc1nc(-c2ccncc2)no1. The average molecular weight is 459 g/mol. The van der Waals surface area contributed by atoms with Gasteiger partial charge in [0.1, 0.15) is 0 Å². The molecule has 29 heavy (non-hydrogen) atoms. The van der Waals surface area contributed by atoms with Crippen LogP contribution in [0.5, 0.6) is 11.5 Å². The summed E-state index contributed by atoms with van der Waals surface area (Å²) in [6, 6.07) is 8.62. The van der Waals surface area contributed by atoms with Gasteiger partial charge in [-0.1, -0.05) is 5.16 Å². The van der Waals surface area contributed by atoms with E-state index in [2.05, 4.69) is 41.9 Å². The number of ether oxygens (including phenoxy) is 2. The van der Waals surface area contributed by atoms with E-state index in [1.807, 2.05) is 6.07 Å². The van der Waals surface area contributed by atoms with E-state index in [9.17, 15) is 4.79 Å². The predicted molar refractivity (Wildman–Crippen MR) is 105 cm³/mol. The van der Waals surface area contributed by atoms with Crippen molar-refractivity contribution < 1.29 is 18.8 Å². The average Bonchev–Trinajstić information content (AvgIpc) is 3.21. The Morgan fingerprint density at radius 1 is 1.31 bits per heavy atom. The Labute approximate surface area is 173 Å². The van der Waals surface area contributed by atoms with Gasteiger partial charge < -0.3 is 14.0 Å². The van der Waals surface area contributed by atoms with E-state index in [4.69, 9.17) is 19.3 Å². The van der Waals surface area contributed by atoms with Crippen LogP contribution in [0.15, 0.2) is 45.7 Å². The number of halogens is 1. The maximum absolute atomic E-state index is 12.1. The van der Waals surface area contributed by atoms with Gasteiger partial charge in [-0.25, -0.2) is 5.43 Å². The minimum atomic E-state index is -0.493. The molecule has 2 aromatic heterocycles. The summed E-state index contributed by atoms with van der Waals surface area (Å²) >= 11 is 3.32. The molecule has 10 nitrogen and oxygen atoms in total. The summed E-state index contributed by atoms with van der Waals surface area (Å²) in [5, 5.41) is 12.9. The van der Waals surface area contributed by atoms with Crippen LogP contribution in [0.4, 0.5) is 6.01 Å². The molecule has 0 saturated carbocycles. The highest BCUT2D eigenvalue weighted by Crippen LogP contribution is 2.36. The quantitative estimate of drug-likeness (QED) is 0.488. The van der Waals surface area contributed by atoms with Gasteiger partial charge in [-0.2, -0.15) is 10.2 Å². The van der Waals surface area contributed by atoms with E-state index in [1.165, 1.54) is 0 Å². The van der Waals surface area contributed by atoms with Crippen LogP contribution >= 0.6 is 15.9 Å². The number of anilines is 1. The van der Waals surface area contributed by atoms with Crippen LogP contribution in [-0.4, -0.2) is 34.2 Å². The number of hydrogen-bond donors (Lipinski definition) is 2. The molecule has 2 N–H and O–H groups in total. The van der Waals surface area contributed by atoms with Crippen molar-refractivity contribution >= 4 is 27.9 Å². The summed E-state index contributed by atoms with van der Waals surface area (Å²) in [6.07, 6.45) is 3.21. The molecule has 0 aliphatic rings. The molecule has 0 unspecified atom stereocenters. The van der Waals surface area contributed by atoms with Crippen LogP contribution in [-0.2, 0) is 4.79 Å². The van der Waals surface area contributed by atoms with Gasteiger partial charge in [-0.3, -0.25) is 15.2 Å². The second kappa shape index (κ2) is 9.52. The highest BCUT2D eigenvalue weighted by molar-refractivity contribution is 9.10. The molecule has 0 aliphatic carbocycles. The standard InChI is InChI=1S/C18H15BrN6O4/c1-2-27-14-8-11(9-20)7-13(19)16(14)28-10-15(26)23-24-18-22-17(25-29-18)12-3-5-21-6-4-12/h3-8H,2,10H2,1H3,(H,23,26)(H,22,24,25). The van der Waals surface area contributed by atoms with Gasteiger partial charge in [-0.05, 0) is 41.1 Å². The maximum Gasteiger partial charge on any atom is 0.340 e. The second-order valence-corrected chi connectivity index (χ2v) is 6.31. The molecule has 3 rings (SSSR count). The number of nitriles is 1. The maximum atomic E-state index is 12.1. The Bertz CT molecular complexity index is 1030. The van der Waals surface area contributed by atoms with Crippen LogP contribution in [0.3, 0.4) is 0 Å². The van der Waals surface area contributed by atoms with Crippen molar-refractivity contribution in [3.63, 3.8) is 0 Å². The summed E-state index contributed by atoms with van der Waals surface area (Å²) in [6.45, 7) is 1.86. The van der Waals surface area contributed by atoms with Crippen LogP contribution in [0, 0.1) is 11.3 Å². The van der Waals surface area contributed by atoms with Crippen LogP contribution in [0.25, 0.3) is 11.4 Å². The Morgan fingerprint density at radius 2 is 2.10 bits per heavy atom. The normalized spacial score (nSPS) is 10.1. The molecule has 11 heteroatoms. The first-order valence-electron chi connectivity index (χ1n) is 8.39. The lowest BCUT2D eigenvalue weighted by Crippen LogP contribution is -2.33. The van der Waals surface area contributed by atoms with Crippen molar-refractivity contribution in [1.29, 1.82) is 5.26 Å². The summed E-state index contributed by atoms with van der Waals surface area (Å²) in [7, 11) is 0. The number of aromatic nitrogens is 3. The lowest BCUT2D eigenvalue weighted by atomic mass is 10.2. The molecule has 0 spiro atoms. The fourth-order valence-corrected chi connectivity index (χ4v) is 2.78. The van der Waals surface area contributed by atoms with E-state index in [0.29, 0.717) is 34.0 Å². The van der Waals surface area contributed by atoms with Crippen molar-refractivity contribution in [2.45, 2.75) is 6.92 Å². The fourth-order valence-electron chi connectivity index (χ4n) is 2.23. The van der Waals surface area contributed by atoms with Crippen molar-refractivity contribution in [3.05, 3.63) is 46.7 Å². The third kappa shape index (κ3) is 5.20. The van der Waals surface area contributed by atoms with Crippen molar-refractivity contribution in [2.75, 3.05) is 18.6 Å². The van der Waals surface area contributed by atoms with Gasteiger partial charge in [0.2, 0.25) is 5.82 Å². The lowest BCUT2D eigenvalue weighted by Gasteiger charge is -2.14. The molecule has 0 fully saturated rings. The fraction of sp³-hybridized carbons (Fsp3) is 0.167. The van der Waals surface area contributed by atoms with Crippen LogP contribution in [0.2, 0.25) is 0 Å². The largest absolute Gasteiger partial charge is 0.490 e. The lowest BCUT2D eigenvalue weighted by molar-refractivity contribution is -0.122. The zero-order valence-electron chi connectivity index (χ0n) is 15.2. The number of rotatable bonds is 8. The smallest absolute Gasteiger partial charge is 0.340 e. The van der Waals surface area contributed by atoms with Crippen LogP contribution in [0.1, 0.15) is 12.5 Å². The van der Waals surface area contributed by atoms with Crippen molar-refractivity contribution in [1.82, 2.24) is 20.6 Å². The number of amides is 1. The number of carbonyl (C=O) groups excluding carboxylic acids is 1. The molecule has 0 radical (unpaired) electrons. The van der Waals surface area contributed by atoms with Gasteiger partial charge in [0.05, 0.1) is 22.7 Å². The molecule has 0 bridgehead atoms. The number of carbonyl (C=O) groups is 1. The summed E-state index contributed by atoms with van der Waals surface area (Å²) in [4.78, 5) is 20.1. The second-order valence-electron chi connectivity index (χ2n) is 5.45. The number of hydrogen-bond acceptors (Lipinski definition) is 9. The first-order valence-corrected chi connectivity index (χ1v) is 9.18. The molecule has 148 valence electrons. The summed E-state index contributed by atoms with van der Waals surface area (Å²) in [5.74, 6) is 0.535. The van der Waals surface area contributed by atoms with E-state index >= 15 is 0 Å². The Morgan fingerprint density at radius 3 is 2.83 bits per heavy atom. The zero-order chi connectivity index (χ0) is 20.6. The van der Waals surface area contributed by atoms with E-state index in [0.717, 1.165) is 5.56 Å². The number of nitrogens with zero attached hydrogens (tertiary/aromatic N) is 4. The van der Waals surface area contributed by atoms with Gasteiger partial charge >= 0.3 is 6.01 Å². The first-order chi connectivity index (χ1) is 14.1. The number of benzene rings is 1. The third-order valence-corrected chi connectivity index (χ3v) is 4.05.